The van der Waals surface area contributed by atoms with Gasteiger partial charge in [0.15, 0.2) is 9.84 Å². The third-order valence-corrected chi connectivity index (χ3v) is 7.45. The van der Waals surface area contributed by atoms with E-state index in [1.807, 2.05) is 6.92 Å². The molecule has 2 aromatic carbocycles. The average Bonchev–Trinajstić information content (AvgIpc) is 3.27. The fraction of sp³-hybridized carbons (Fsp3) is 0.316. The van der Waals surface area contributed by atoms with Crippen molar-refractivity contribution in [1.82, 2.24) is 0 Å². The number of hydrogen-bond donors (Lipinski definition) is 1. The summed E-state index contributed by atoms with van der Waals surface area (Å²) in [5.74, 6) is -1.92. The SMILES string of the molecule is COCC1(C(=O)O)C(c2cccc(Cl)c2)C1S(=O)(=O)c1ccc(C)cc1. The van der Waals surface area contributed by atoms with Gasteiger partial charge in [-0.15, -0.1) is 0 Å². The number of aliphatic carboxylic acids is 1. The van der Waals surface area contributed by atoms with Crippen molar-refractivity contribution in [3.05, 3.63) is 64.7 Å². The van der Waals surface area contributed by atoms with Gasteiger partial charge in [-0.05, 0) is 36.8 Å². The van der Waals surface area contributed by atoms with Gasteiger partial charge in [-0.3, -0.25) is 4.79 Å². The minimum absolute atomic E-state index is 0.111. The summed E-state index contributed by atoms with van der Waals surface area (Å²) in [7, 11) is -2.50. The van der Waals surface area contributed by atoms with Gasteiger partial charge in [-0.25, -0.2) is 8.42 Å². The Balaban J connectivity index is 2.13. The fourth-order valence-corrected chi connectivity index (χ4v) is 6.19. The molecule has 0 amide bonds. The number of hydrogen-bond acceptors (Lipinski definition) is 4. The monoisotopic (exact) mass is 394 g/mol. The van der Waals surface area contributed by atoms with E-state index in [9.17, 15) is 18.3 Å². The summed E-state index contributed by atoms with van der Waals surface area (Å²) in [5, 5.41) is 9.19. The largest absolute Gasteiger partial charge is 0.481 e. The first-order valence-electron chi connectivity index (χ1n) is 8.03. The van der Waals surface area contributed by atoms with Gasteiger partial charge in [0.25, 0.3) is 0 Å². The Kier molecular flexibility index (Phi) is 4.86. The van der Waals surface area contributed by atoms with Crippen LogP contribution in [0.25, 0.3) is 0 Å². The maximum Gasteiger partial charge on any atom is 0.314 e. The van der Waals surface area contributed by atoms with Gasteiger partial charge in [0, 0.05) is 18.1 Å². The average molecular weight is 395 g/mol. The number of carboxylic acids is 1. The van der Waals surface area contributed by atoms with Crippen molar-refractivity contribution in [2.24, 2.45) is 5.41 Å². The van der Waals surface area contributed by atoms with E-state index < -0.39 is 32.4 Å². The van der Waals surface area contributed by atoms with Crippen LogP contribution in [0.3, 0.4) is 0 Å². The molecule has 1 saturated carbocycles. The number of carboxylic acid groups (broad SMARTS) is 1. The van der Waals surface area contributed by atoms with Crippen molar-refractivity contribution >= 4 is 27.4 Å². The summed E-state index contributed by atoms with van der Waals surface area (Å²) >= 11 is 6.03. The maximum atomic E-state index is 13.2. The molecular formula is C19H19ClO5S. The Labute approximate surface area is 157 Å². The van der Waals surface area contributed by atoms with Crippen molar-refractivity contribution < 1.29 is 23.1 Å². The second kappa shape index (κ2) is 6.68. The predicted molar refractivity (Wildman–Crippen MR) is 98.3 cm³/mol. The fourth-order valence-electron chi connectivity index (χ4n) is 3.63. The van der Waals surface area contributed by atoms with Crippen LogP contribution in [0.4, 0.5) is 0 Å². The van der Waals surface area contributed by atoms with Crippen LogP contribution in [-0.4, -0.2) is 38.5 Å². The first-order valence-corrected chi connectivity index (χ1v) is 9.96. The summed E-state index contributed by atoms with van der Waals surface area (Å²) in [4.78, 5) is 12.2. The third-order valence-electron chi connectivity index (χ3n) is 4.93. The van der Waals surface area contributed by atoms with E-state index in [-0.39, 0.29) is 11.5 Å². The summed E-state index contributed by atoms with van der Waals surface area (Å²) < 4.78 is 31.5. The Bertz CT molecular complexity index is 939. The van der Waals surface area contributed by atoms with Gasteiger partial charge in [-0.2, -0.15) is 0 Å². The molecule has 138 valence electrons. The molecule has 26 heavy (non-hydrogen) atoms. The molecule has 1 aliphatic carbocycles. The Morgan fingerprint density at radius 3 is 2.42 bits per heavy atom. The van der Waals surface area contributed by atoms with Crippen molar-refractivity contribution in [2.75, 3.05) is 13.7 Å². The molecule has 0 bridgehead atoms. The van der Waals surface area contributed by atoms with Crippen molar-refractivity contribution in [2.45, 2.75) is 23.0 Å². The van der Waals surface area contributed by atoms with E-state index in [0.29, 0.717) is 10.6 Å². The first-order chi connectivity index (χ1) is 12.2. The molecule has 0 spiro atoms. The molecule has 3 atom stereocenters. The van der Waals surface area contributed by atoms with E-state index >= 15 is 0 Å². The second-order valence-electron chi connectivity index (χ2n) is 6.59. The molecule has 7 heteroatoms. The highest BCUT2D eigenvalue weighted by Gasteiger charge is 2.76. The smallest absolute Gasteiger partial charge is 0.314 e. The lowest BCUT2D eigenvalue weighted by atomic mass is 10.00. The molecule has 1 N–H and O–H groups in total. The molecule has 0 aromatic heterocycles. The molecule has 0 saturated heterocycles. The van der Waals surface area contributed by atoms with Gasteiger partial charge in [0.05, 0.1) is 16.8 Å². The van der Waals surface area contributed by atoms with Crippen LogP contribution in [-0.2, 0) is 19.4 Å². The lowest BCUT2D eigenvalue weighted by molar-refractivity contribution is -0.145. The lowest BCUT2D eigenvalue weighted by Crippen LogP contribution is -2.28. The highest BCUT2D eigenvalue weighted by molar-refractivity contribution is 7.92. The zero-order valence-corrected chi connectivity index (χ0v) is 15.9. The minimum atomic E-state index is -3.87. The van der Waals surface area contributed by atoms with Crippen LogP contribution in [0.2, 0.25) is 5.02 Å². The molecular weight excluding hydrogens is 376 g/mol. The Morgan fingerprint density at radius 2 is 1.88 bits per heavy atom. The van der Waals surface area contributed by atoms with E-state index in [4.69, 9.17) is 16.3 Å². The van der Waals surface area contributed by atoms with Crippen LogP contribution in [0.1, 0.15) is 17.0 Å². The van der Waals surface area contributed by atoms with Crippen molar-refractivity contribution in [3.8, 4) is 0 Å². The number of sulfone groups is 1. The Hall–Kier alpha value is -1.89. The number of carbonyl (C=O) groups is 1. The quantitative estimate of drug-likeness (QED) is 0.812. The summed E-state index contributed by atoms with van der Waals surface area (Å²) in [6, 6.07) is 13.1. The van der Waals surface area contributed by atoms with Gasteiger partial charge in [-0.1, -0.05) is 41.4 Å². The van der Waals surface area contributed by atoms with Crippen LogP contribution in [0, 0.1) is 12.3 Å². The van der Waals surface area contributed by atoms with Crippen LogP contribution in [0.15, 0.2) is 53.4 Å². The van der Waals surface area contributed by atoms with E-state index in [1.165, 1.54) is 19.2 Å². The molecule has 0 heterocycles. The second-order valence-corrected chi connectivity index (χ2v) is 9.10. The van der Waals surface area contributed by atoms with E-state index in [1.54, 1.807) is 36.4 Å². The molecule has 1 fully saturated rings. The predicted octanol–water partition coefficient (Wildman–Crippen LogP) is 3.31. The van der Waals surface area contributed by atoms with E-state index in [0.717, 1.165) is 5.56 Å². The van der Waals surface area contributed by atoms with Crippen molar-refractivity contribution in [1.29, 1.82) is 0 Å². The highest BCUT2D eigenvalue weighted by Crippen LogP contribution is 2.64. The van der Waals surface area contributed by atoms with Crippen LogP contribution in [0.5, 0.6) is 0 Å². The number of aryl methyl sites for hydroxylation is 1. The van der Waals surface area contributed by atoms with Gasteiger partial charge >= 0.3 is 5.97 Å². The molecule has 5 nitrogen and oxygen atoms in total. The molecule has 1 aliphatic rings. The zero-order valence-electron chi connectivity index (χ0n) is 14.3. The van der Waals surface area contributed by atoms with Crippen LogP contribution >= 0.6 is 11.6 Å². The number of ether oxygens (including phenoxy) is 1. The molecule has 3 rings (SSSR count). The number of methoxy groups -OCH3 is 1. The van der Waals surface area contributed by atoms with Crippen LogP contribution < -0.4 is 0 Å². The molecule has 0 radical (unpaired) electrons. The Morgan fingerprint density at radius 1 is 1.23 bits per heavy atom. The van der Waals surface area contributed by atoms with Gasteiger partial charge in [0.2, 0.25) is 0 Å². The van der Waals surface area contributed by atoms with Gasteiger partial charge < -0.3 is 9.84 Å². The minimum Gasteiger partial charge on any atom is -0.481 e. The van der Waals surface area contributed by atoms with Gasteiger partial charge in [0.1, 0.15) is 5.41 Å². The zero-order chi connectivity index (χ0) is 19.1. The third kappa shape index (κ3) is 2.92. The highest BCUT2D eigenvalue weighted by atomic mass is 35.5. The summed E-state index contributed by atoms with van der Waals surface area (Å²) in [6.07, 6.45) is 0. The summed E-state index contributed by atoms with van der Waals surface area (Å²) in [6.45, 7) is 1.66. The lowest BCUT2D eigenvalue weighted by Gasteiger charge is -2.12. The standard InChI is InChI=1S/C19H19ClO5S/c1-12-6-8-15(9-7-12)26(23,24)17-16(13-4-3-5-14(20)10-13)19(17,11-25-2)18(21)22/h3-10,16-17H,11H2,1-2H3,(H,21,22). The van der Waals surface area contributed by atoms with E-state index in [2.05, 4.69) is 0 Å². The number of benzene rings is 2. The number of halogens is 1. The number of rotatable bonds is 6. The normalized spacial score (nSPS) is 25.0. The molecule has 2 aromatic rings. The molecule has 3 unspecified atom stereocenters. The van der Waals surface area contributed by atoms with Crippen molar-refractivity contribution in [3.63, 3.8) is 0 Å². The summed E-state index contributed by atoms with van der Waals surface area (Å²) in [5.41, 5.74) is -0.0338. The maximum absolute atomic E-state index is 13.2. The topological polar surface area (TPSA) is 80.7 Å². The first kappa shape index (κ1) is 18.9. The molecule has 0 aliphatic heterocycles.